The zero-order valence-electron chi connectivity index (χ0n) is 24.9. The average molecular weight is 751 g/mol. The zero-order valence-corrected chi connectivity index (χ0v) is 29.5. The number of nitrogens with zero attached hydrogens (tertiary/aromatic N) is 1. The molecular weight excluding hydrogens is 721 g/mol. The lowest BCUT2D eigenvalue weighted by Crippen LogP contribution is -2.50. The molecule has 1 heterocycles. The van der Waals surface area contributed by atoms with E-state index in [0.717, 1.165) is 16.9 Å². The van der Waals surface area contributed by atoms with Gasteiger partial charge in [0.05, 0.1) is 7.11 Å². The molecule has 0 saturated carbocycles. The number of nitrogens with one attached hydrogen (secondary N) is 3. The van der Waals surface area contributed by atoms with Gasteiger partial charge >= 0.3 is 6.03 Å². The summed E-state index contributed by atoms with van der Waals surface area (Å²) in [6, 6.07) is 19.9. The Labute approximate surface area is 296 Å². The second kappa shape index (κ2) is 14.5. The van der Waals surface area contributed by atoms with E-state index in [9.17, 15) is 9.59 Å². The second-order valence-corrected chi connectivity index (χ2v) is 15.3. The molecule has 3 amide bonds. The van der Waals surface area contributed by atoms with Gasteiger partial charge in [-0.1, -0.05) is 114 Å². The van der Waals surface area contributed by atoms with E-state index in [1.165, 1.54) is 25.3 Å². The number of likely N-dealkylation sites (N-methyl/N-ethyl adjacent to an activating group) is 1. The lowest BCUT2D eigenvalue weighted by atomic mass is 9.84. The number of amides is 3. The zero-order chi connectivity index (χ0) is 33.9. The van der Waals surface area contributed by atoms with E-state index in [1.54, 1.807) is 36.4 Å². The Morgan fingerprint density at radius 2 is 1.33 bits per heavy atom. The summed E-state index contributed by atoms with van der Waals surface area (Å²) >= 11 is 37.2. The number of carbonyl (C=O) groups is 2. The van der Waals surface area contributed by atoms with E-state index in [1.807, 2.05) is 50.1 Å². The molecule has 46 heavy (non-hydrogen) atoms. The molecule has 2 unspecified atom stereocenters. The number of methoxy groups -OCH3 is 1. The van der Waals surface area contributed by atoms with Crippen LogP contribution in [0.15, 0.2) is 84.6 Å². The molecule has 0 bridgehead atoms. The molecule has 3 N–H and O–H groups in total. The predicted octanol–water partition coefficient (Wildman–Crippen LogP) is 8.09. The van der Waals surface area contributed by atoms with Crippen LogP contribution < -0.4 is 35.1 Å². The fourth-order valence-electron chi connectivity index (χ4n) is 4.77. The van der Waals surface area contributed by atoms with Crippen molar-refractivity contribution in [2.45, 2.75) is 39.3 Å². The first kappa shape index (κ1) is 35.9. The number of ether oxygens (including phenoxy) is 3. The van der Waals surface area contributed by atoms with Crippen LogP contribution in [0.1, 0.15) is 19.4 Å². The molecule has 15 heteroatoms. The summed E-state index contributed by atoms with van der Waals surface area (Å²) in [6.45, 7) is 4.02. The maximum Gasteiger partial charge on any atom is 0.322 e. The fraction of sp³-hybridized carbons (Fsp3) is 0.290. The van der Waals surface area contributed by atoms with E-state index in [4.69, 9.17) is 83.8 Å². The van der Waals surface area contributed by atoms with Gasteiger partial charge in [-0.05, 0) is 48.0 Å². The third kappa shape index (κ3) is 8.70. The smallest absolute Gasteiger partial charge is 0.322 e. The van der Waals surface area contributed by atoms with E-state index >= 15 is 0 Å². The number of urea groups is 1. The Bertz CT molecular complexity index is 1590. The minimum absolute atomic E-state index is 0.00235. The number of allylic oxidation sites excluding steroid dienone is 1. The van der Waals surface area contributed by atoms with Gasteiger partial charge in [0, 0.05) is 35.6 Å². The van der Waals surface area contributed by atoms with Crippen molar-refractivity contribution in [2.75, 3.05) is 24.4 Å². The number of benzene rings is 3. The summed E-state index contributed by atoms with van der Waals surface area (Å²) in [7, 11) is 3.39. The lowest BCUT2D eigenvalue weighted by molar-refractivity contribution is -0.119. The highest BCUT2D eigenvalue weighted by molar-refractivity contribution is 6.68. The maximum absolute atomic E-state index is 13.3. The Kier molecular flexibility index (Phi) is 11.3. The first-order valence-corrected chi connectivity index (χ1v) is 15.9. The number of hydrogen-bond donors (Lipinski definition) is 3. The Morgan fingerprint density at radius 3 is 1.85 bits per heavy atom. The summed E-state index contributed by atoms with van der Waals surface area (Å²) < 4.78 is 12.7. The summed E-state index contributed by atoms with van der Waals surface area (Å²) in [5.74, 6) is 0.0384. The average Bonchev–Trinajstić information content (AvgIpc) is 3.17. The molecular formula is C31H30Cl6N4O5. The number of halogens is 6. The van der Waals surface area contributed by atoms with Gasteiger partial charge in [0.1, 0.15) is 5.75 Å². The van der Waals surface area contributed by atoms with Crippen LogP contribution in [-0.2, 0) is 10.2 Å². The van der Waals surface area contributed by atoms with Crippen molar-refractivity contribution < 1.29 is 23.8 Å². The lowest BCUT2D eigenvalue weighted by Gasteiger charge is -2.30. The molecule has 3 aromatic carbocycles. The minimum atomic E-state index is -2.14. The van der Waals surface area contributed by atoms with Gasteiger partial charge in [-0.3, -0.25) is 10.1 Å². The number of fused-ring (bicyclic) bond motifs is 1. The number of anilines is 2. The van der Waals surface area contributed by atoms with E-state index in [-0.39, 0.29) is 11.5 Å². The van der Waals surface area contributed by atoms with E-state index in [0.29, 0.717) is 11.4 Å². The number of rotatable bonds is 9. The van der Waals surface area contributed by atoms with Crippen LogP contribution in [0.5, 0.6) is 17.2 Å². The summed E-state index contributed by atoms with van der Waals surface area (Å²) in [4.78, 5) is 28.0. The summed E-state index contributed by atoms with van der Waals surface area (Å²) in [5.41, 5.74) is 2.73. The van der Waals surface area contributed by atoms with Gasteiger partial charge in [-0.25, -0.2) is 4.79 Å². The van der Waals surface area contributed by atoms with Crippen molar-refractivity contribution in [3.8, 4) is 17.2 Å². The summed E-state index contributed by atoms with van der Waals surface area (Å²) in [6.07, 6.45) is -1.59. The number of hydrogen-bond acceptors (Lipinski definition) is 6. The molecule has 246 valence electrons. The van der Waals surface area contributed by atoms with E-state index < -0.39 is 37.4 Å². The third-order valence-corrected chi connectivity index (χ3v) is 8.21. The number of carbonyl (C=O) groups excluding carboxylic acids is 2. The standard InChI is InChI=1S/C31H30Cl6N4O5/c1-29(2)20-9-5-6-10-21(20)41(3)24(29)17-25(42)39-26(30(32,33)34)45-22-11-7-8-12-23(22)46-27(31(35,36)37)40-28(43)38-18-13-15-19(44-4)16-14-18/h5-17,26-27H,1-4H3,(H,39,42)(H2,38,40,43)/b24-17+. The van der Waals surface area contributed by atoms with Gasteiger partial charge in [-0.2, -0.15) is 0 Å². The van der Waals surface area contributed by atoms with E-state index in [2.05, 4.69) is 16.0 Å². The number of para-hydroxylation sites is 3. The quantitative estimate of drug-likeness (QED) is 0.116. The molecule has 0 saturated heterocycles. The van der Waals surface area contributed by atoms with Crippen molar-refractivity contribution in [1.82, 2.24) is 10.6 Å². The van der Waals surface area contributed by atoms with Crippen LogP contribution in [0.3, 0.4) is 0 Å². The molecule has 3 aromatic rings. The fourth-order valence-corrected chi connectivity index (χ4v) is 5.36. The Balaban J connectivity index is 1.51. The van der Waals surface area contributed by atoms with Crippen molar-refractivity contribution in [1.29, 1.82) is 0 Å². The molecule has 2 atom stereocenters. The molecule has 1 aliphatic heterocycles. The van der Waals surface area contributed by atoms with Crippen molar-refractivity contribution >= 4 is 92.9 Å². The van der Waals surface area contributed by atoms with Gasteiger partial charge in [0.15, 0.2) is 11.5 Å². The van der Waals surface area contributed by atoms with Crippen molar-refractivity contribution in [2.24, 2.45) is 0 Å². The van der Waals surface area contributed by atoms with Crippen LogP contribution >= 0.6 is 69.6 Å². The molecule has 9 nitrogen and oxygen atoms in total. The molecule has 0 aromatic heterocycles. The molecule has 0 aliphatic carbocycles. The number of alkyl halides is 6. The predicted molar refractivity (Wildman–Crippen MR) is 185 cm³/mol. The van der Waals surface area contributed by atoms with Crippen LogP contribution in [0.4, 0.5) is 16.2 Å². The molecule has 1 aliphatic rings. The van der Waals surface area contributed by atoms with Gasteiger partial charge in [0.25, 0.3) is 0 Å². The largest absolute Gasteiger partial charge is 0.497 e. The minimum Gasteiger partial charge on any atom is -0.497 e. The SMILES string of the molecule is COc1ccc(NC(=O)NC(Oc2ccccc2OC(NC(=O)/C=C2/N(C)c3ccccc3C2(C)C)C(Cl)(Cl)Cl)C(Cl)(Cl)Cl)cc1. The topological polar surface area (TPSA) is 101 Å². The van der Waals surface area contributed by atoms with Gasteiger partial charge in [0.2, 0.25) is 25.9 Å². The first-order valence-electron chi connectivity index (χ1n) is 13.6. The highest BCUT2D eigenvalue weighted by Crippen LogP contribution is 2.46. The van der Waals surface area contributed by atoms with Crippen molar-refractivity contribution in [3.05, 3.63) is 90.1 Å². The summed E-state index contributed by atoms with van der Waals surface area (Å²) in [5, 5.41) is 7.70. The molecule has 4 rings (SSSR count). The highest BCUT2D eigenvalue weighted by atomic mass is 35.6. The molecule has 0 fully saturated rings. The Morgan fingerprint density at radius 1 is 0.804 bits per heavy atom. The van der Waals surface area contributed by atoms with Crippen molar-refractivity contribution in [3.63, 3.8) is 0 Å². The normalized spacial score (nSPS) is 16.2. The first-order chi connectivity index (χ1) is 21.5. The van der Waals surface area contributed by atoms with Crippen LogP contribution in [0.25, 0.3) is 0 Å². The molecule has 0 spiro atoms. The monoisotopic (exact) mass is 748 g/mol. The van der Waals surface area contributed by atoms with Gasteiger partial charge < -0.3 is 29.7 Å². The van der Waals surface area contributed by atoms with Crippen LogP contribution in [0, 0.1) is 0 Å². The highest BCUT2D eigenvalue weighted by Gasteiger charge is 2.41. The third-order valence-electron chi connectivity index (χ3n) is 7.03. The van der Waals surface area contributed by atoms with Crippen LogP contribution in [-0.4, -0.2) is 46.1 Å². The van der Waals surface area contributed by atoms with Crippen LogP contribution in [0.2, 0.25) is 0 Å². The second-order valence-electron chi connectivity index (χ2n) is 10.6. The van der Waals surface area contributed by atoms with Gasteiger partial charge in [-0.15, -0.1) is 0 Å². The maximum atomic E-state index is 13.3. The molecule has 0 radical (unpaired) electrons. The Hall–Kier alpha value is -2.92.